The van der Waals surface area contributed by atoms with Gasteiger partial charge in [0.25, 0.3) is 0 Å². The number of carbonyl (C=O) groups excluding carboxylic acids is 1. The maximum atomic E-state index is 12.4. The molecular formula is C15H19N5O. The second kappa shape index (κ2) is 6.05. The number of aryl methyl sites for hydroxylation is 1. The maximum Gasteiger partial charge on any atom is 0.228 e. The van der Waals surface area contributed by atoms with Crippen molar-refractivity contribution in [3.8, 4) is 11.4 Å². The highest BCUT2D eigenvalue weighted by atomic mass is 16.1. The molecule has 1 aromatic carbocycles. The Morgan fingerprint density at radius 1 is 1.38 bits per heavy atom. The normalized spacial score (nSPS) is 18.4. The van der Waals surface area contributed by atoms with Gasteiger partial charge < -0.3 is 10.6 Å². The van der Waals surface area contributed by atoms with Gasteiger partial charge in [-0.2, -0.15) is 5.10 Å². The first kappa shape index (κ1) is 13.8. The predicted molar refractivity (Wildman–Crippen MR) is 80.8 cm³/mol. The lowest BCUT2D eigenvalue weighted by Gasteiger charge is -2.22. The summed E-state index contributed by atoms with van der Waals surface area (Å²) in [6, 6.07) is 7.61. The third-order valence-corrected chi connectivity index (χ3v) is 3.69. The smallest absolute Gasteiger partial charge is 0.228 e. The fraction of sp³-hybridized carbons (Fsp3) is 0.400. The number of piperidine rings is 1. The lowest BCUT2D eigenvalue weighted by molar-refractivity contribution is -0.120. The fourth-order valence-corrected chi connectivity index (χ4v) is 2.56. The molecule has 1 unspecified atom stereocenters. The molecule has 21 heavy (non-hydrogen) atoms. The zero-order valence-electron chi connectivity index (χ0n) is 12.0. The molecule has 0 bridgehead atoms. The first-order chi connectivity index (χ1) is 10.2. The van der Waals surface area contributed by atoms with Gasteiger partial charge in [-0.25, -0.2) is 4.98 Å². The van der Waals surface area contributed by atoms with Crippen molar-refractivity contribution in [3.63, 3.8) is 0 Å². The van der Waals surface area contributed by atoms with Crippen LogP contribution in [0.4, 0.5) is 5.69 Å². The molecule has 3 N–H and O–H groups in total. The van der Waals surface area contributed by atoms with Crippen LogP contribution in [0.2, 0.25) is 0 Å². The zero-order chi connectivity index (χ0) is 14.7. The minimum Gasteiger partial charge on any atom is -0.325 e. The Hall–Kier alpha value is -2.21. The van der Waals surface area contributed by atoms with Gasteiger partial charge in [0.05, 0.1) is 11.6 Å². The van der Waals surface area contributed by atoms with Crippen molar-refractivity contribution in [2.24, 2.45) is 5.92 Å². The monoisotopic (exact) mass is 285 g/mol. The first-order valence-corrected chi connectivity index (χ1v) is 7.24. The molecule has 0 spiro atoms. The molecule has 6 nitrogen and oxygen atoms in total. The summed E-state index contributed by atoms with van der Waals surface area (Å²) in [4.78, 5) is 16.7. The fourth-order valence-electron chi connectivity index (χ4n) is 2.56. The average molecular weight is 285 g/mol. The van der Waals surface area contributed by atoms with Crippen LogP contribution in [0.25, 0.3) is 11.4 Å². The van der Waals surface area contributed by atoms with E-state index in [0.29, 0.717) is 5.82 Å². The molecule has 1 aliphatic rings. The van der Waals surface area contributed by atoms with Crippen LogP contribution in [0.15, 0.2) is 24.3 Å². The molecule has 110 valence electrons. The number of rotatable bonds is 3. The lowest BCUT2D eigenvalue weighted by Crippen LogP contribution is -2.37. The molecule has 1 amide bonds. The van der Waals surface area contributed by atoms with Crippen molar-refractivity contribution in [1.29, 1.82) is 0 Å². The highest BCUT2D eigenvalue weighted by Gasteiger charge is 2.22. The van der Waals surface area contributed by atoms with Crippen molar-refractivity contribution in [1.82, 2.24) is 20.5 Å². The van der Waals surface area contributed by atoms with Crippen LogP contribution in [0.3, 0.4) is 0 Å². The summed E-state index contributed by atoms with van der Waals surface area (Å²) in [5, 5.41) is 13.3. The van der Waals surface area contributed by atoms with Crippen LogP contribution in [-0.2, 0) is 4.79 Å². The van der Waals surface area contributed by atoms with Crippen molar-refractivity contribution < 1.29 is 4.79 Å². The predicted octanol–water partition coefficient (Wildman–Crippen LogP) is 1.72. The van der Waals surface area contributed by atoms with Gasteiger partial charge in [-0.15, -0.1) is 0 Å². The van der Waals surface area contributed by atoms with E-state index < -0.39 is 0 Å². The Kier molecular flexibility index (Phi) is 3.96. The van der Waals surface area contributed by atoms with E-state index in [1.807, 2.05) is 31.2 Å². The van der Waals surface area contributed by atoms with Crippen LogP contribution in [0.1, 0.15) is 18.7 Å². The van der Waals surface area contributed by atoms with Crippen LogP contribution in [0.5, 0.6) is 0 Å². The van der Waals surface area contributed by atoms with Gasteiger partial charge in [0.1, 0.15) is 5.82 Å². The van der Waals surface area contributed by atoms with Crippen molar-refractivity contribution in [2.45, 2.75) is 19.8 Å². The number of aromatic amines is 1. The second-order valence-electron chi connectivity index (χ2n) is 5.32. The van der Waals surface area contributed by atoms with E-state index in [-0.39, 0.29) is 11.8 Å². The molecule has 0 radical (unpaired) electrons. The highest BCUT2D eigenvalue weighted by molar-refractivity contribution is 5.96. The van der Waals surface area contributed by atoms with Gasteiger partial charge in [-0.1, -0.05) is 12.1 Å². The Bertz CT molecular complexity index is 630. The average Bonchev–Trinajstić information content (AvgIpc) is 2.95. The van der Waals surface area contributed by atoms with Crippen LogP contribution >= 0.6 is 0 Å². The highest BCUT2D eigenvalue weighted by Crippen LogP contribution is 2.25. The molecule has 1 saturated heterocycles. The summed E-state index contributed by atoms with van der Waals surface area (Å²) in [6.45, 7) is 3.59. The van der Waals surface area contributed by atoms with Gasteiger partial charge in [0, 0.05) is 12.1 Å². The molecule has 0 saturated carbocycles. The Morgan fingerprint density at radius 2 is 2.24 bits per heavy atom. The Balaban J connectivity index is 1.80. The van der Waals surface area contributed by atoms with Crippen molar-refractivity contribution in [3.05, 3.63) is 30.1 Å². The summed E-state index contributed by atoms with van der Waals surface area (Å²) in [7, 11) is 0. The van der Waals surface area contributed by atoms with Gasteiger partial charge >= 0.3 is 0 Å². The molecule has 6 heteroatoms. The number of benzene rings is 1. The van der Waals surface area contributed by atoms with Gasteiger partial charge in [0.15, 0.2) is 5.82 Å². The molecule has 2 aromatic rings. The summed E-state index contributed by atoms with van der Waals surface area (Å²) in [6.07, 6.45) is 1.97. The van der Waals surface area contributed by atoms with Gasteiger partial charge in [-0.05, 0) is 38.4 Å². The van der Waals surface area contributed by atoms with E-state index >= 15 is 0 Å². The van der Waals surface area contributed by atoms with E-state index in [2.05, 4.69) is 25.8 Å². The largest absolute Gasteiger partial charge is 0.325 e. The minimum absolute atomic E-state index is 0.0284. The molecule has 1 atom stereocenters. The molecule has 0 aliphatic carbocycles. The van der Waals surface area contributed by atoms with Crippen LogP contribution in [0, 0.1) is 12.8 Å². The molecule has 3 rings (SSSR count). The standard InChI is InChI=1S/C15H19N5O/c1-10-17-14(20-19-10)12-6-2-3-7-13(12)18-15(21)11-5-4-8-16-9-11/h2-3,6-7,11,16H,4-5,8-9H2,1H3,(H,18,21)(H,17,19,20). The summed E-state index contributed by atoms with van der Waals surface area (Å²) in [5.41, 5.74) is 1.59. The number of amides is 1. The topological polar surface area (TPSA) is 82.7 Å². The van der Waals surface area contributed by atoms with Gasteiger partial charge in [-0.3, -0.25) is 9.89 Å². The van der Waals surface area contributed by atoms with Crippen molar-refractivity contribution >= 4 is 11.6 Å². The number of H-pyrrole nitrogens is 1. The summed E-state index contributed by atoms with van der Waals surface area (Å²) >= 11 is 0. The van der Waals surface area contributed by atoms with E-state index in [0.717, 1.165) is 43.0 Å². The number of nitrogens with zero attached hydrogens (tertiary/aromatic N) is 2. The van der Waals surface area contributed by atoms with Crippen LogP contribution < -0.4 is 10.6 Å². The molecule has 1 aliphatic heterocycles. The molecule has 2 heterocycles. The molecule has 1 fully saturated rings. The van der Waals surface area contributed by atoms with E-state index in [9.17, 15) is 4.79 Å². The van der Waals surface area contributed by atoms with Crippen LogP contribution in [-0.4, -0.2) is 34.2 Å². The third-order valence-electron chi connectivity index (χ3n) is 3.69. The number of hydrogen-bond acceptors (Lipinski definition) is 4. The third kappa shape index (κ3) is 3.11. The molecular weight excluding hydrogens is 266 g/mol. The van der Waals surface area contributed by atoms with E-state index in [1.54, 1.807) is 0 Å². The molecule has 1 aromatic heterocycles. The lowest BCUT2D eigenvalue weighted by atomic mass is 9.98. The van der Waals surface area contributed by atoms with E-state index in [4.69, 9.17) is 0 Å². The summed E-state index contributed by atoms with van der Waals surface area (Å²) < 4.78 is 0. The van der Waals surface area contributed by atoms with E-state index in [1.165, 1.54) is 0 Å². The summed E-state index contributed by atoms with van der Waals surface area (Å²) in [5.74, 6) is 1.44. The number of anilines is 1. The maximum absolute atomic E-state index is 12.4. The Morgan fingerprint density at radius 3 is 2.95 bits per heavy atom. The number of nitrogens with one attached hydrogen (secondary N) is 3. The first-order valence-electron chi connectivity index (χ1n) is 7.24. The SMILES string of the molecule is Cc1nc(-c2ccccc2NC(=O)C2CCCNC2)n[nH]1. The van der Waals surface area contributed by atoms with Gasteiger partial charge in [0.2, 0.25) is 5.91 Å². The number of hydrogen-bond donors (Lipinski definition) is 3. The number of aromatic nitrogens is 3. The van der Waals surface area contributed by atoms with Crippen molar-refractivity contribution in [2.75, 3.05) is 18.4 Å². The Labute approximate surface area is 123 Å². The quantitative estimate of drug-likeness (QED) is 0.802. The number of carbonyl (C=O) groups is 1. The zero-order valence-corrected chi connectivity index (χ0v) is 12.0. The second-order valence-corrected chi connectivity index (χ2v) is 5.32. The number of para-hydroxylation sites is 1. The minimum atomic E-state index is 0.0284.